The number of hydrogen-bond acceptors (Lipinski definition) is 4. The summed E-state index contributed by atoms with van der Waals surface area (Å²) in [7, 11) is 0. The molecule has 20 heavy (non-hydrogen) atoms. The Labute approximate surface area is 122 Å². The highest BCUT2D eigenvalue weighted by molar-refractivity contribution is 5.95. The maximum absolute atomic E-state index is 11.1. The number of nitrogens with one attached hydrogen (secondary N) is 1. The molecule has 1 amide bonds. The monoisotopic (exact) mass is 299 g/mol. The van der Waals surface area contributed by atoms with Crippen LogP contribution in [0.1, 0.15) is 10.6 Å². The number of fused-ring (bicyclic) bond motifs is 1. The number of carbonyl (C=O) groups is 1. The second-order valence-electron chi connectivity index (χ2n) is 4.43. The fourth-order valence-corrected chi connectivity index (χ4v) is 2.27. The van der Waals surface area contributed by atoms with E-state index in [0.29, 0.717) is 5.58 Å². The second-order valence-corrected chi connectivity index (χ2v) is 4.43. The molecule has 6 nitrogen and oxygen atoms in total. The quantitative estimate of drug-likeness (QED) is 0.844. The van der Waals surface area contributed by atoms with Crippen LogP contribution in [0.2, 0.25) is 0 Å². The summed E-state index contributed by atoms with van der Waals surface area (Å²) < 4.78 is 5.37. The number of anilines is 1. The number of hydrogen-bond donors (Lipinski definition) is 2. The van der Waals surface area contributed by atoms with Gasteiger partial charge in [0.1, 0.15) is 5.58 Å². The molecule has 0 radical (unpaired) electrons. The molecule has 1 aliphatic rings. The van der Waals surface area contributed by atoms with Crippen LogP contribution >= 0.6 is 12.4 Å². The van der Waals surface area contributed by atoms with Gasteiger partial charge in [-0.15, -0.1) is 12.4 Å². The van der Waals surface area contributed by atoms with Gasteiger partial charge in [0, 0.05) is 37.3 Å². The van der Waals surface area contributed by atoms with Gasteiger partial charge in [0.25, 0.3) is 5.91 Å². The molecule has 0 spiro atoms. The van der Waals surface area contributed by atoms with Crippen molar-refractivity contribution in [3.63, 3.8) is 0 Å². The minimum absolute atomic E-state index is 0. The molecule has 1 aromatic heterocycles. The summed E-state index contributed by atoms with van der Waals surface area (Å²) >= 11 is 0. The van der Waals surface area contributed by atoms with E-state index in [1.807, 2.05) is 18.2 Å². The first kappa shape index (κ1) is 16.3. The van der Waals surface area contributed by atoms with Crippen LogP contribution < -0.4 is 16.0 Å². The van der Waals surface area contributed by atoms with E-state index in [9.17, 15) is 4.79 Å². The predicted molar refractivity (Wildman–Crippen MR) is 80.7 cm³/mol. The Hall–Kier alpha value is -1.76. The van der Waals surface area contributed by atoms with Crippen LogP contribution in [0.3, 0.4) is 0 Å². The standard InChI is InChI=1S/C13H15N3O2.ClH.H2O/c14-13(17)12-8-9-7-10(1-2-11(9)18-12)16-5-3-15-4-6-16;;/h1-2,7-8,15H,3-6H2,(H2,14,17);1H;1H2. The van der Waals surface area contributed by atoms with Crippen LogP contribution in [0.25, 0.3) is 11.0 Å². The van der Waals surface area contributed by atoms with E-state index in [2.05, 4.69) is 10.2 Å². The molecule has 0 unspecified atom stereocenters. The summed E-state index contributed by atoms with van der Waals surface area (Å²) in [5.74, 6) is -0.322. The van der Waals surface area contributed by atoms with Crippen LogP contribution in [0, 0.1) is 0 Å². The van der Waals surface area contributed by atoms with Crippen molar-refractivity contribution in [1.82, 2.24) is 5.32 Å². The van der Waals surface area contributed by atoms with Gasteiger partial charge in [-0.05, 0) is 24.3 Å². The molecule has 0 saturated carbocycles. The number of primary amides is 1. The van der Waals surface area contributed by atoms with Crippen molar-refractivity contribution in [1.29, 1.82) is 0 Å². The van der Waals surface area contributed by atoms with Gasteiger partial charge < -0.3 is 25.8 Å². The topological polar surface area (TPSA) is 103 Å². The number of furan rings is 1. The molecule has 7 heteroatoms. The molecule has 110 valence electrons. The van der Waals surface area contributed by atoms with Gasteiger partial charge in [0.2, 0.25) is 0 Å². The number of carbonyl (C=O) groups excluding carboxylic acids is 1. The third kappa shape index (κ3) is 3.04. The molecule has 3 rings (SSSR count). The second kappa shape index (κ2) is 6.60. The van der Waals surface area contributed by atoms with Gasteiger partial charge in [-0.2, -0.15) is 0 Å². The summed E-state index contributed by atoms with van der Waals surface area (Å²) in [5, 5.41) is 4.24. The third-order valence-corrected chi connectivity index (χ3v) is 3.22. The summed E-state index contributed by atoms with van der Waals surface area (Å²) in [6.45, 7) is 3.98. The van der Waals surface area contributed by atoms with Gasteiger partial charge in [0.05, 0.1) is 0 Å². The Balaban J connectivity index is 0.000001000. The molecule has 2 heterocycles. The summed E-state index contributed by atoms with van der Waals surface area (Å²) in [6, 6.07) is 7.64. The van der Waals surface area contributed by atoms with E-state index in [0.717, 1.165) is 37.3 Å². The Bertz CT molecular complexity index is 594. The lowest BCUT2D eigenvalue weighted by Crippen LogP contribution is -2.43. The van der Waals surface area contributed by atoms with Gasteiger partial charge in [-0.25, -0.2) is 0 Å². The zero-order valence-corrected chi connectivity index (χ0v) is 11.7. The summed E-state index contributed by atoms with van der Waals surface area (Å²) in [6.07, 6.45) is 0. The number of nitrogens with two attached hydrogens (primary N) is 1. The predicted octanol–water partition coefficient (Wildman–Crippen LogP) is 0.538. The number of benzene rings is 1. The highest BCUT2D eigenvalue weighted by Gasteiger charge is 2.13. The molecular formula is C13H18ClN3O3. The van der Waals surface area contributed by atoms with Gasteiger partial charge in [0.15, 0.2) is 5.76 Å². The fourth-order valence-electron chi connectivity index (χ4n) is 2.27. The average molecular weight is 300 g/mol. The Morgan fingerprint density at radius 2 is 1.95 bits per heavy atom. The Morgan fingerprint density at radius 1 is 1.25 bits per heavy atom. The van der Waals surface area contributed by atoms with Crippen molar-refractivity contribution in [2.75, 3.05) is 31.1 Å². The van der Waals surface area contributed by atoms with Gasteiger partial charge in [-0.3, -0.25) is 4.79 Å². The van der Waals surface area contributed by atoms with Crippen molar-refractivity contribution < 1.29 is 14.7 Å². The maximum Gasteiger partial charge on any atom is 0.284 e. The minimum Gasteiger partial charge on any atom is -0.451 e. The molecule has 1 fully saturated rings. The number of rotatable bonds is 2. The minimum atomic E-state index is -0.532. The molecule has 1 saturated heterocycles. The van der Waals surface area contributed by atoms with E-state index in [1.54, 1.807) is 6.07 Å². The Kier molecular flexibility index (Phi) is 5.38. The fraction of sp³-hybridized carbons (Fsp3) is 0.308. The Morgan fingerprint density at radius 3 is 2.60 bits per heavy atom. The van der Waals surface area contributed by atoms with Crippen LogP contribution in [0.15, 0.2) is 28.7 Å². The molecule has 5 N–H and O–H groups in total. The smallest absolute Gasteiger partial charge is 0.284 e. The number of amides is 1. The van der Waals surface area contributed by atoms with Crippen molar-refractivity contribution in [2.24, 2.45) is 5.73 Å². The van der Waals surface area contributed by atoms with Gasteiger partial charge >= 0.3 is 0 Å². The molecule has 0 atom stereocenters. The maximum atomic E-state index is 11.1. The molecule has 1 aromatic carbocycles. The first-order valence-corrected chi connectivity index (χ1v) is 6.03. The highest BCUT2D eigenvalue weighted by atomic mass is 35.5. The first-order valence-electron chi connectivity index (χ1n) is 6.03. The highest BCUT2D eigenvalue weighted by Crippen LogP contribution is 2.25. The molecule has 0 bridgehead atoms. The normalized spacial score (nSPS) is 14.5. The first-order chi connectivity index (χ1) is 8.74. The number of halogens is 1. The van der Waals surface area contributed by atoms with Gasteiger partial charge in [-0.1, -0.05) is 0 Å². The van der Waals surface area contributed by atoms with E-state index in [-0.39, 0.29) is 23.6 Å². The zero-order valence-electron chi connectivity index (χ0n) is 10.9. The molecule has 0 aliphatic carbocycles. The summed E-state index contributed by atoms with van der Waals surface area (Å²) in [4.78, 5) is 13.4. The zero-order chi connectivity index (χ0) is 12.5. The van der Waals surface area contributed by atoms with Crippen molar-refractivity contribution in [3.05, 3.63) is 30.0 Å². The molecule has 1 aliphatic heterocycles. The average Bonchev–Trinajstić information content (AvgIpc) is 2.82. The van der Waals surface area contributed by atoms with Crippen LogP contribution in [-0.4, -0.2) is 37.6 Å². The van der Waals surface area contributed by atoms with Crippen molar-refractivity contribution in [3.8, 4) is 0 Å². The lowest BCUT2D eigenvalue weighted by atomic mass is 10.2. The largest absolute Gasteiger partial charge is 0.451 e. The van der Waals surface area contributed by atoms with E-state index < -0.39 is 5.91 Å². The van der Waals surface area contributed by atoms with Crippen molar-refractivity contribution >= 4 is 35.0 Å². The van der Waals surface area contributed by atoms with Crippen LogP contribution in [-0.2, 0) is 0 Å². The molecule has 2 aromatic rings. The van der Waals surface area contributed by atoms with Crippen LogP contribution in [0.5, 0.6) is 0 Å². The summed E-state index contributed by atoms with van der Waals surface area (Å²) in [5.41, 5.74) is 7.06. The van der Waals surface area contributed by atoms with Crippen LogP contribution in [0.4, 0.5) is 5.69 Å². The van der Waals surface area contributed by atoms with E-state index >= 15 is 0 Å². The van der Waals surface area contributed by atoms with E-state index in [4.69, 9.17) is 10.2 Å². The lowest BCUT2D eigenvalue weighted by molar-refractivity contribution is 0.0976. The lowest BCUT2D eigenvalue weighted by Gasteiger charge is -2.29. The number of piperazine rings is 1. The van der Waals surface area contributed by atoms with Crippen molar-refractivity contribution in [2.45, 2.75) is 0 Å². The SMILES string of the molecule is Cl.NC(=O)c1cc2cc(N3CCNCC3)ccc2o1.O. The third-order valence-electron chi connectivity index (χ3n) is 3.22. The van der Waals surface area contributed by atoms with E-state index in [1.165, 1.54) is 0 Å². The molecular weight excluding hydrogens is 282 g/mol. The number of nitrogens with zero attached hydrogens (tertiary/aromatic N) is 1.